The Hall–Kier alpha value is -3.60. The number of imidazole rings is 1. The van der Waals surface area contributed by atoms with E-state index in [0.29, 0.717) is 22.8 Å². The molecule has 0 unspecified atom stereocenters. The number of pyridine rings is 1. The summed E-state index contributed by atoms with van der Waals surface area (Å²) < 4.78 is 44.4. The van der Waals surface area contributed by atoms with Gasteiger partial charge in [0.05, 0.1) is 28.1 Å². The van der Waals surface area contributed by atoms with Gasteiger partial charge in [0.15, 0.2) is 34.6 Å². The summed E-state index contributed by atoms with van der Waals surface area (Å²) in [5.74, 6) is -3.05. The largest absolute Gasteiger partial charge is 0.317 e. The molecule has 7 nitrogen and oxygen atoms in total. The molecular weight excluding hydrogens is 417 g/mol. The lowest BCUT2D eigenvalue weighted by atomic mass is 10.1. The summed E-state index contributed by atoms with van der Waals surface area (Å²) in [6.07, 6.45) is 2.94. The predicted molar refractivity (Wildman–Crippen MR) is 105 cm³/mol. The second kappa shape index (κ2) is 6.73. The maximum absolute atomic E-state index is 14.9. The topological polar surface area (TPSA) is 89.3 Å². The van der Waals surface area contributed by atoms with Crippen LogP contribution < -0.4 is 5.56 Å². The minimum absolute atomic E-state index is 0.0451. The fourth-order valence-electron chi connectivity index (χ4n) is 3.35. The van der Waals surface area contributed by atoms with Gasteiger partial charge in [-0.3, -0.25) is 4.79 Å². The molecule has 150 valence electrons. The van der Waals surface area contributed by atoms with Crippen LogP contribution in [0, 0.1) is 24.4 Å². The van der Waals surface area contributed by atoms with Gasteiger partial charge in [0.25, 0.3) is 5.56 Å². The van der Waals surface area contributed by atoms with Crippen LogP contribution in [0.1, 0.15) is 11.3 Å². The molecule has 0 aliphatic rings. The number of nitrogens with one attached hydrogen (secondary N) is 1. The third-order valence-corrected chi connectivity index (χ3v) is 5.70. The number of thiazole rings is 1. The van der Waals surface area contributed by atoms with E-state index in [9.17, 15) is 18.0 Å². The Kier molecular flexibility index (Phi) is 4.13. The van der Waals surface area contributed by atoms with Gasteiger partial charge in [-0.25, -0.2) is 33.1 Å². The summed E-state index contributed by atoms with van der Waals surface area (Å²) in [6.45, 7) is 1.61. The number of fused-ring (bicyclic) bond motifs is 2. The predicted octanol–water partition coefficient (Wildman–Crippen LogP) is 3.57. The molecule has 0 amide bonds. The fourth-order valence-corrected chi connectivity index (χ4v) is 4.15. The Morgan fingerprint density at radius 3 is 2.67 bits per heavy atom. The Morgan fingerprint density at radius 1 is 1.10 bits per heavy atom. The van der Waals surface area contributed by atoms with Crippen molar-refractivity contribution in [2.75, 3.05) is 0 Å². The molecule has 0 fully saturated rings. The van der Waals surface area contributed by atoms with Crippen molar-refractivity contribution in [2.24, 2.45) is 0 Å². The molecule has 0 atom stereocenters. The summed E-state index contributed by atoms with van der Waals surface area (Å²) in [7, 11) is 0. The molecule has 0 aliphatic heterocycles. The van der Waals surface area contributed by atoms with E-state index in [0.717, 1.165) is 10.9 Å². The first-order valence-corrected chi connectivity index (χ1v) is 9.59. The number of hydrogen-bond acceptors (Lipinski definition) is 6. The monoisotopic (exact) mass is 428 g/mol. The number of halogens is 3. The van der Waals surface area contributed by atoms with Crippen molar-refractivity contribution in [1.82, 2.24) is 29.5 Å². The molecule has 30 heavy (non-hydrogen) atoms. The van der Waals surface area contributed by atoms with E-state index >= 15 is 0 Å². The number of H-pyrrole nitrogens is 1. The van der Waals surface area contributed by atoms with Crippen molar-refractivity contribution in [3.8, 4) is 10.7 Å². The van der Waals surface area contributed by atoms with Crippen molar-refractivity contribution in [3.05, 3.63) is 69.1 Å². The standard InChI is InChI=1S/C19H11F3N6OS/c1-8-15(30-7-25-8)17-27-16-18(24-5-4-23-16)28(17)6-10-9-2-3-11(20)13(22)14(9)26-19(29)12(10)21/h2-5,7H,6H2,1H3,(H,26,29). The van der Waals surface area contributed by atoms with E-state index in [2.05, 4.69) is 24.9 Å². The maximum Gasteiger partial charge on any atom is 0.284 e. The van der Waals surface area contributed by atoms with E-state index in [1.165, 1.54) is 29.8 Å². The lowest BCUT2D eigenvalue weighted by molar-refractivity contribution is 0.514. The second-order valence-electron chi connectivity index (χ2n) is 6.52. The van der Waals surface area contributed by atoms with Gasteiger partial charge in [0.2, 0.25) is 0 Å². The molecule has 0 saturated heterocycles. The van der Waals surface area contributed by atoms with Crippen molar-refractivity contribution in [1.29, 1.82) is 0 Å². The summed E-state index contributed by atoms with van der Waals surface area (Å²) >= 11 is 1.34. The number of aromatic nitrogens is 6. The van der Waals surface area contributed by atoms with Gasteiger partial charge in [-0.05, 0) is 19.1 Å². The second-order valence-corrected chi connectivity index (χ2v) is 7.38. The van der Waals surface area contributed by atoms with Gasteiger partial charge in [-0.2, -0.15) is 0 Å². The Balaban J connectivity index is 1.81. The SMILES string of the molecule is Cc1ncsc1-c1nc2nccnc2n1Cc1c(F)c(=O)[nH]c2c(F)c(F)ccc12. The van der Waals surface area contributed by atoms with Crippen LogP contribution in [-0.2, 0) is 6.54 Å². The highest BCUT2D eigenvalue weighted by Crippen LogP contribution is 2.31. The molecular formula is C19H11F3N6OS. The third kappa shape index (κ3) is 2.70. The molecule has 5 rings (SSSR count). The first-order valence-electron chi connectivity index (χ1n) is 8.71. The van der Waals surface area contributed by atoms with Crippen LogP contribution in [0.15, 0.2) is 34.8 Å². The smallest absolute Gasteiger partial charge is 0.284 e. The molecule has 1 N–H and O–H groups in total. The molecule has 4 aromatic heterocycles. The van der Waals surface area contributed by atoms with Gasteiger partial charge >= 0.3 is 0 Å². The number of nitrogens with zero attached hydrogens (tertiary/aromatic N) is 5. The van der Waals surface area contributed by atoms with Gasteiger partial charge in [-0.15, -0.1) is 11.3 Å². The van der Waals surface area contributed by atoms with Gasteiger partial charge in [0.1, 0.15) is 0 Å². The van der Waals surface area contributed by atoms with Crippen LogP contribution in [0.2, 0.25) is 0 Å². The van der Waals surface area contributed by atoms with Crippen LogP contribution in [0.5, 0.6) is 0 Å². The minimum Gasteiger partial charge on any atom is -0.317 e. The molecule has 0 saturated carbocycles. The normalized spacial score (nSPS) is 11.6. The van der Waals surface area contributed by atoms with E-state index in [1.807, 2.05) is 0 Å². The van der Waals surface area contributed by atoms with E-state index in [1.54, 1.807) is 17.0 Å². The number of aryl methyl sites for hydroxylation is 1. The third-order valence-electron chi connectivity index (χ3n) is 4.77. The average Bonchev–Trinajstić information content (AvgIpc) is 3.32. The Labute approximate surface area is 169 Å². The van der Waals surface area contributed by atoms with Crippen molar-refractivity contribution in [2.45, 2.75) is 13.5 Å². The number of rotatable bonds is 3. The van der Waals surface area contributed by atoms with Gasteiger partial charge in [-0.1, -0.05) is 0 Å². The highest BCUT2D eigenvalue weighted by Gasteiger charge is 2.22. The molecule has 4 heterocycles. The average molecular weight is 428 g/mol. The van der Waals surface area contributed by atoms with E-state index < -0.39 is 28.5 Å². The first kappa shape index (κ1) is 18.4. The fraction of sp³-hybridized carbons (Fsp3) is 0.105. The zero-order valence-electron chi connectivity index (χ0n) is 15.3. The Bertz CT molecular complexity index is 1510. The first-order chi connectivity index (χ1) is 14.5. The number of hydrogen-bond donors (Lipinski definition) is 1. The molecule has 0 spiro atoms. The Morgan fingerprint density at radius 2 is 1.90 bits per heavy atom. The minimum atomic E-state index is -1.25. The van der Waals surface area contributed by atoms with Crippen LogP contribution in [0.3, 0.4) is 0 Å². The van der Waals surface area contributed by atoms with Crippen LogP contribution in [-0.4, -0.2) is 29.5 Å². The van der Waals surface area contributed by atoms with Crippen LogP contribution in [0.25, 0.3) is 32.9 Å². The van der Waals surface area contributed by atoms with Crippen LogP contribution in [0.4, 0.5) is 13.2 Å². The highest BCUT2D eigenvalue weighted by molar-refractivity contribution is 7.13. The summed E-state index contributed by atoms with van der Waals surface area (Å²) in [5.41, 5.74) is 1.39. The molecule has 0 aliphatic carbocycles. The zero-order valence-corrected chi connectivity index (χ0v) is 16.1. The molecule has 1 aromatic carbocycles. The van der Waals surface area contributed by atoms with Crippen molar-refractivity contribution < 1.29 is 13.2 Å². The van der Waals surface area contributed by atoms with Gasteiger partial charge < -0.3 is 9.55 Å². The molecule has 0 bridgehead atoms. The maximum atomic E-state index is 14.9. The molecule has 0 radical (unpaired) electrons. The van der Waals surface area contributed by atoms with Crippen LogP contribution >= 0.6 is 11.3 Å². The summed E-state index contributed by atoms with van der Waals surface area (Å²) in [6, 6.07) is 2.11. The quantitative estimate of drug-likeness (QED) is 0.475. The lowest BCUT2D eigenvalue weighted by Gasteiger charge is -2.12. The van der Waals surface area contributed by atoms with E-state index in [-0.39, 0.29) is 17.5 Å². The van der Waals surface area contributed by atoms with Crippen molar-refractivity contribution >= 4 is 33.5 Å². The molecule has 11 heteroatoms. The number of aromatic amines is 1. The summed E-state index contributed by atoms with van der Waals surface area (Å²) in [5, 5.41) is 0.0451. The zero-order chi connectivity index (χ0) is 21.0. The lowest BCUT2D eigenvalue weighted by Crippen LogP contribution is -2.17. The van der Waals surface area contributed by atoms with E-state index in [4.69, 9.17) is 0 Å². The van der Waals surface area contributed by atoms with Crippen molar-refractivity contribution in [3.63, 3.8) is 0 Å². The number of benzene rings is 1. The summed E-state index contributed by atoms with van der Waals surface area (Å²) in [4.78, 5) is 32.1. The van der Waals surface area contributed by atoms with Gasteiger partial charge in [0, 0.05) is 23.3 Å². The molecule has 5 aromatic rings. The highest BCUT2D eigenvalue weighted by atomic mass is 32.1.